The number of hydrogen-bond acceptors (Lipinski definition) is 3. The maximum absolute atomic E-state index is 11.8. The van der Waals surface area contributed by atoms with Gasteiger partial charge >= 0.3 is 5.97 Å². The molecular weight excluding hydrogens is 220 g/mol. The highest BCUT2D eigenvalue weighted by molar-refractivity contribution is 5.94. The van der Waals surface area contributed by atoms with Crippen LogP contribution in [0.25, 0.3) is 0 Å². The van der Waals surface area contributed by atoms with E-state index in [1.54, 1.807) is 18.3 Å². The SMILES string of the molecule is O=C(NC1CCC(C(=O)O)C1)c1cccnc1. The Balaban J connectivity index is 1.91. The van der Waals surface area contributed by atoms with Gasteiger partial charge in [0.2, 0.25) is 0 Å². The number of aromatic nitrogens is 1. The van der Waals surface area contributed by atoms with Gasteiger partial charge in [-0.15, -0.1) is 0 Å². The van der Waals surface area contributed by atoms with Crippen molar-refractivity contribution in [2.75, 3.05) is 0 Å². The fraction of sp³-hybridized carbons (Fsp3) is 0.417. The molecule has 1 aliphatic rings. The minimum absolute atomic E-state index is 0.0381. The molecule has 1 fully saturated rings. The third-order valence-electron chi connectivity index (χ3n) is 3.04. The number of carboxylic acids is 1. The van der Waals surface area contributed by atoms with Gasteiger partial charge < -0.3 is 10.4 Å². The molecule has 5 nitrogen and oxygen atoms in total. The molecule has 1 aliphatic carbocycles. The second-order valence-corrected chi connectivity index (χ2v) is 4.26. The number of amides is 1. The summed E-state index contributed by atoms with van der Waals surface area (Å²) in [5, 5.41) is 11.7. The smallest absolute Gasteiger partial charge is 0.306 e. The van der Waals surface area contributed by atoms with Crippen LogP contribution in [0.5, 0.6) is 0 Å². The van der Waals surface area contributed by atoms with Crippen LogP contribution in [0.2, 0.25) is 0 Å². The van der Waals surface area contributed by atoms with Crippen LogP contribution in [0.3, 0.4) is 0 Å². The summed E-state index contributed by atoms with van der Waals surface area (Å²) in [6, 6.07) is 3.35. The predicted molar refractivity (Wildman–Crippen MR) is 60.5 cm³/mol. The summed E-state index contributed by atoms with van der Waals surface area (Å²) in [6.07, 6.45) is 4.98. The zero-order valence-corrected chi connectivity index (χ0v) is 9.30. The van der Waals surface area contributed by atoms with Gasteiger partial charge in [-0.25, -0.2) is 0 Å². The summed E-state index contributed by atoms with van der Waals surface area (Å²) in [5.41, 5.74) is 0.506. The zero-order chi connectivity index (χ0) is 12.3. The fourth-order valence-corrected chi connectivity index (χ4v) is 2.10. The maximum Gasteiger partial charge on any atom is 0.306 e. The number of rotatable bonds is 3. The van der Waals surface area contributed by atoms with Crippen molar-refractivity contribution in [3.63, 3.8) is 0 Å². The topological polar surface area (TPSA) is 79.3 Å². The Bertz CT molecular complexity index is 419. The lowest BCUT2D eigenvalue weighted by Gasteiger charge is -2.11. The van der Waals surface area contributed by atoms with Crippen LogP contribution in [0.15, 0.2) is 24.5 Å². The zero-order valence-electron chi connectivity index (χ0n) is 9.30. The highest BCUT2D eigenvalue weighted by atomic mass is 16.4. The standard InChI is InChI=1S/C12H14N2O3/c15-11(9-2-1-5-13-7-9)14-10-4-3-8(6-10)12(16)17/h1-2,5,7-8,10H,3-4,6H2,(H,14,15)(H,16,17). The lowest BCUT2D eigenvalue weighted by Crippen LogP contribution is -2.33. The van der Waals surface area contributed by atoms with Crippen molar-refractivity contribution in [2.45, 2.75) is 25.3 Å². The molecular formula is C12H14N2O3. The fourth-order valence-electron chi connectivity index (χ4n) is 2.10. The first-order valence-corrected chi connectivity index (χ1v) is 5.60. The number of carboxylic acid groups (broad SMARTS) is 1. The Morgan fingerprint density at radius 1 is 1.41 bits per heavy atom. The molecule has 1 amide bonds. The van der Waals surface area contributed by atoms with Gasteiger partial charge in [-0.2, -0.15) is 0 Å². The van der Waals surface area contributed by atoms with Crippen molar-refractivity contribution in [1.29, 1.82) is 0 Å². The van der Waals surface area contributed by atoms with Gasteiger partial charge in [0.15, 0.2) is 0 Å². The van der Waals surface area contributed by atoms with Crippen molar-refractivity contribution >= 4 is 11.9 Å². The quantitative estimate of drug-likeness (QED) is 0.819. The molecule has 17 heavy (non-hydrogen) atoms. The number of carbonyl (C=O) groups excluding carboxylic acids is 1. The normalized spacial score (nSPS) is 23.3. The molecule has 0 bridgehead atoms. The summed E-state index contributed by atoms with van der Waals surface area (Å²) in [5.74, 6) is -1.29. The van der Waals surface area contributed by atoms with Gasteiger partial charge in [-0.05, 0) is 31.4 Å². The van der Waals surface area contributed by atoms with Crippen LogP contribution in [0, 0.1) is 5.92 Å². The third-order valence-corrected chi connectivity index (χ3v) is 3.04. The van der Waals surface area contributed by atoms with Crippen LogP contribution in [0.1, 0.15) is 29.6 Å². The first kappa shape index (κ1) is 11.6. The first-order chi connectivity index (χ1) is 8.16. The highest BCUT2D eigenvalue weighted by Gasteiger charge is 2.30. The Morgan fingerprint density at radius 3 is 2.82 bits per heavy atom. The largest absolute Gasteiger partial charge is 0.481 e. The molecule has 1 saturated carbocycles. The number of nitrogens with one attached hydrogen (secondary N) is 1. The molecule has 0 aromatic carbocycles. The van der Waals surface area contributed by atoms with Crippen molar-refractivity contribution in [3.05, 3.63) is 30.1 Å². The Hall–Kier alpha value is -1.91. The van der Waals surface area contributed by atoms with E-state index >= 15 is 0 Å². The van der Waals surface area contributed by atoms with Gasteiger partial charge in [0.05, 0.1) is 11.5 Å². The summed E-state index contributed by atoms with van der Waals surface area (Å²) in [4.78, 5) is 26.4. The summed E-state index contributed by atoms with van der Waals surface area (Å²) < 4.78 is 0. The second kappa shape index (κ2) is 4.95. The van der Waals surface area contributed by atoms with Crippen LogP contribution < -0.4 is 5.32 Å². The Kier molecular flexibility index (Phi) is 3.37. The summed E-state index contributed by atoms with van der Waals surface area (Å²) in [7, 11) is 0. The van der Waals surface area contributed by atoms with Crippen molar-refractivity contribution in [2.24, 2.45) is 5.92 Å². The van der Waals surface area contributed by atoms with Gasteiger partial charge in [-0.1, -0.05) is 0 Å². The van der Waals surface area contributed by atoms with E-state index in [0.29, 0.717) is 18.4 Å². The van der Waals surface area contributed by atoms with Crippen LogP contribution >= 0.6 is 0 Å². The Labute approximate surface area is 98.9 Å². The Morgan fingerprint density at radius 2 is 2.24 bits per heavy atom. The van der Waals surface area contributed by atoms with Gasteiger partial charge in [0, 0.05) is 18.4 Å². The van der Waals surface area contributed by atoms with Crippen LogP contribution in [0.4, 0.5) is 0 Å². The summed E-state index contributed by atoms with van der Waals surface area (Å²) >= 11 is 0. The molecule has 1 aromatic heterocycles. The van der Waals surface area contributed by atoms with Crippen molar-refractivity contribution in [1.82, 2.24) is 10.3 Å². The molecule has 0 aliphatic heterocycles. The molecule has 0 radical (unpaired) electrons. The number of pyridine rings is 1. The number of hydrogen-bond donors (Lipinski definition) is 2. The number of carbonyl (C=O) groups is 2. The second-order valence-electron chi connectivity index (χ2n) is 4.26. The van der Waals surface area contributed by atoms with E-state index in [-0.39, 0.29) is 17.9 Å². The molecule has 2 atom stereocenters. The average molecular weight is 234 g/mol. The van der Waals surface area contributed by atoms with Gasteiger partial charge in [0.25, 0.3) is 5.91 Å². The van der Waals surface area contributed by atoms with E-state index < -0.39 is 5.97 Å². The molecule has 1 aromatic rings. The third kappa shape index (κ3) is 2.81. The molecule has 1 heterocycles. The van der Waals surface area contributed by atoms with Crippen molar-refractivity contribution in [3.8, 4) is 0 Å². The number of nitrogens with zero attached hydrogens (tertiary/aromatic N) is 1. The van der Waals surface area contributed by atoms with Crippen LogP contribution in [-0.2, 0) is 4.79 Å². The van der Waals surface area contributed by atoms with Crippen molar-refractivity contribution < 1.29 is 14.7 Å². The molecule has 90 valence electrons. The van der Waals surface area contributed by atoms with E-state index in [1.807, 2.05) is 0 Å². The lowest BCUT2D eigenvalue weighted by molar-refractivity contribution is -0.141. The molecule has 0 spiro atoms. The maximum atomic E-state index is 11.8. The van der Waals surface area contributed by atoms with Gasteiger partial charge in [0.1, 0.15) is 0 Å². The highest BCUT2D eigenvalue weighted by Crippen LogP contribution is 2.25. The van der Waals surface area contributed by atoms with E-state index in [4.69, 9.17) is 5.11 Å². The van der Waals surface area contributed by atoms with E-state index in [9.17, 15) is 9.59 Å². The molecule has 5 heteroatoms. The van der Waals surface area contributed by atoms with E-state index in [1.165, 1.54) is 6.20 Å². The first-order valence-electron chi connectivity index (χ1n) is 5.60. The molecule has 2 N–H and O–H groups in total. The van der Waals surface area contributed by atoms with Crippen LogP contribution in [-0.4, -0.2) is 28.0 Å². The predicted octanol–water partition coefficient (Wildman–Crippen LogP) is 1.06. The molecule has 0 saturated heterocycles. The average Bonchev–Trinajstić information content (AvgIpc) is 2.79. The molecule has 2 rings (SSSR count). The van der Waals surface area contributed by atoms with E-state index in [0.717, 1.165) is 6.42 Å². The van der Waals surface area contributed by atoms with E-state index in [2.05, 4.69) is 10.3 Å². The lowest BCUT2D eigenvalue weighted by atomic mass is 10.1. The number of aliphatic carboxylic acids is 1. The minimum atomic E-state index is -0.775. The molecule has 2 unspecified atom stereocenters. The monoisotopic (exact) mass is 234 g/mol. The minimum Gasteiger partial charge on any atom is -0.481 e. The van der Waals surface area contributed by atoms with Gasteiger partial charge in [-0.3, -0.25) is 14.6 Å². The summed E-state index contributed by atoms with van der Waals surface area (Å²) in [6.45, 7) is 0.